The lowest BCUT2D eigenvalue weighted by atomic mass is 10.1. The predicted octanol–water partition coefficient (Wildman–Crippen LogP) is 4.46. The molecule has 0 saturated heterocycles. The normalized spacial score (nSPS) is 10.7. The van der Waals surface area contributed by atoms with E-state index >= 15 is 0 Å². The van der Waals surface area contributed by atoms with Crippen LogP contribution in [0.5, 0.6) is 0 Å². The molecule has 0 aliphatic carbocycles. The maximum Gasteiger partial charge on any atom is 0.292 e. The summed E-state index contributed by atoms with van der Waals surface area (Å²) in [4.78, 5) is 30.1. The fourth-order valence-electron chi connectivity index (χ4n) is 3.14. The standard InChI is InChI=1S/C23H20N4O2/c1-15-9-8-12-18(16(15)2)25-22(28)20-19-13-6-7-14-27(19)21(26-20)23(29)24-17-10-4-3-5-11-17/h3-14H,1-2H3,(H,24,29)(H,25,28). The summed E-state index contributed by atoms with van der Waals surface area (Å²) in [7, 11) is 0. The summed E-state index contributed by atoms with van der Waals surface area (Å²) in [5.41, 5.74) is 4.22. The van der Waals surface area contributed by atoms with Gasteiger partial charge in [-0.15, -0.1) is 0 Å². The molecular formula is C23H20N4O2. The largest absolute Gasteiger partial charge is 0.320 e. The first-order chi connectivity index (χ1) is 14.0. The van der Waals surface area contributed by atoms with Crippen molar-refractivity contribution < 1.29 is 9.59 Å². The number of anilines is 2. The molecule has 0 aliphatic rings. The number of pyridine rings is 1. The van der Waals surface area contributed by atoms with E-state index < -0.39 is 0 Å². The highest BCUT2D eigenvalue weighted by Crippen LogP contribution is 2.21. The van der Waals surface area contributed by atoms with Crippen molar-refractivity contribution in [3.8, 4) is 0 Å². The number of para-hydroxylation sites is 1. The summed E-state index contributed by atoms with van der Waals surface area (Å²) in [6.07, 6.45) is 1.72. The molecule has 0 radical (unpaired) electrons. The van der Waals surface area contributed by atoms with Gasteiger partial charge in [0.05, 0.1) is 5.52 Å². The van der Waals surface area contributed by atoms with Gasteiger partial charge < -0.3 is 10.6 Å². The molecule has 2 aromatic carbocycles. The molecule has 6 heteroatoms. The second-order valence-corrected chi connectivity index (χ2v) is 6.76. The van der Waals surface area contributed by atoms with Crippen LogP contribution in [0.25, 0.3) is 5.52 Å². The quantitative estimate of drug-likeness (QED) is 0.546. The van der Waals surface area contributed by atoms with Crippen molar-refractivity contribution in [2.24, 2.45) is 0 Å². The van der Waals surface area contributed by atoms with Gasteiger partial charge in [-0.05, 0) is 55.3 Å². The Morgan fingerprint density at radius 3 is 2.38 bits per heavy atom. The van der Waals surface area contributed by atoms with Gasteiger partial charge in [-0.2, -0.15) is 0 Å². The van der Waals surface area contributed by atoms with Crippen LogP contribution in [-0.2, 0) is 0 Å². The minimum Gasteiger partial charge on any atom is -0.320 e. The van der Waals surface area contributed by atoms with Crippen LogP contribution in [0, 0.1) is 13.8 Å². The zero-order chi connectivity index (χ0) is 20.4. The number of benzene rings is 2. The summed E-state index contributed by atoms with van der Waals surface area (Å²) in [6, 6.07) is 20.2. The Kier molecular flexibility index (Phi) is 4.83. The lowest BCUT2D eigenvalue weighted by Crippen LogP contribution is -2.16. The van der Waals surface area contributed by atoms with E-state index in [1.54, 1.807) is 34.9 Å². The van der Waals surface area contributed by atoms with Crippen molar-refractivity contribution in [3.05, 3.63) is 95.6 Å². The van der Waals surface area contributed by atoms with E-state index in [2.05, 4.69) is 15.6 Å². The highest BCUT2D eigenvalue weighted by molar-refractivity contribution is 6.10. The maximum atomic E-state index is 13.0. The molecule has 2 aromatic heterocycles. The van der Waals surface area contributed by atoms with E-state index in [4.69, 9.17) is 0 Å². The molecule has 2 N–H and O–H groups in total. The number of rotatable bonds is 4. The van der Waals surface area contributed by atoms with Crippen LogP contribution in [-0.4, -0.2) is 21.2 Å². The fraction of sp³-hybridized carbons (Fsp3) is 0.0870. The molecule has 144 valence electrons. The summed E-state index contributed by atoms with van der Waals surface area (Å²) >= 11 is 0. The Bertz CT molecular complexity index is 1210. The number of aryl methyl sites for hydroxylation is 1. The number of hydrogen-bond acceptors (Lipinski definition) is 3. The van der Waals surface area contributed by atoms with Gasteiger partial charge in [0.15, 0.2) is 5.69 Å². The van der Waals surface area contributed by atoms with Crippen molar-refractivity contribution in [1.29, 1.82) is 0 Å². The molecule has 0 saturated carbocycles. The van der Waals surface area contributed by atoms with Crippen LogP contribution in [0.3, 0.4) is 0 Å². The number of hydrogen-bond donors (Lipinski definition) is 2. The number of fused-ring (bicyclic) bond motifs is 1. The van der Waals surface area contributed by atoms with E-state index in [0.29, 0.717) is 11.2 Å². The van der Waals surface area contributed by atoms with Crippen LogP contribution in [0.4, 0.5) is 11.4 Å². The monoisotopic (exact) mass is 384 g/mol. The summed E-state index contributed by atoms with van der Waals surface area (Å²) in [5, 5.41) is 5.73. The molecule has 0 fully saturated rings. The van der Waals surface area contributed by atoms with Gasteiger partial charge in [0.25, 0.3) is 11.8 Å². The topological polar surface area (TPSA) is 75.5 Å². The minimum atomic E-state index is -0.386. The van der Waals surface area contributed by atoms with Gasteiger partial charge in [-0.25, -0.2) is 4.98 Å². The third-order valence-corrected chi connectivity index (χ3v) is 4.85. The number of amides is 2. The molecule has 2 heterocycles. The summed E-state index contributed by atoms with van der Waals surface area (Å²) < 4.78 is 1.62. The van der Waals surface area contributed by atoms with E-state index in [0.717, 1.165) is 16.8 Å². The van der Waals surface area contributed by atoms with Gasteiger partial charge in [-0.3, -0.25) is 14.0 Å². The first-order valence-corrected chi connectivity index (χ1v) is 9.25. The van der Waals surface area contributed by atoms with Crippen molar-refractivity contribution in [3.63, 3.8) is 0 Å². The van der Waals surface area contributed by atoms with Crippen molar-refractivity contribution in [1.82, 2.24) is 9.38 Å². The number of imidazole rings is 1. The molecule has 0 spiro atoms. The molecule has 29 heavy (non-hydrogen) atoms. The second kappa shape index (κ2) is 7.59. The summed E-state index contributed by atoms with van der Waals surface area (Å²) in [6.45, 7) is 3.94. The van der Waals surface area contributed by atoms with Crippen molar-refractivity contribution in [2.75, 3.05) is 10.6 Å². The molecule has 0 unspecified atom stereocenters. The number of carbonyl (C=O) groups is 2. The highest BCUT2D eigenvalue weighted by atomic mass is 16.2. The van der Waals surface area contributed by atoms with Gasteiger partial charge in [0.1, 0.15) is 0 Å². The smallest absolute Gasteiger partial charge is 0.292 e. The molecular weight excluding hydrogens is 364 g/mol. The molecule has 0 bridgehead atoms. The number of nitrogens with zero attached hydrogens (tertiary/aromatic N) is 2. The Morgan fingerprint density at radius 1 is 0.828 bits per heavy atom. The first-order valence-electron chi connectivity index (χ1n) is 9.25. The highest BCUT2D eigenvalue weighted by Gasteiger charge is 2.22. The average Bonchev–Trinajstić information content (AvgIpc) is 3.12. The van der Waals surface area contributed by atoms with Crippen molar-refractivity contribution >= 4 is 28.7 Å². The predicted molar refractivity (Wildman–Crippen MR) is 113 cm³/mol. The third kappa shape index (κ3) is 3.60. The number of nitrogens with one attached hydrogen (secondary N) is 2. The van der Waals surface area contributed by atoms with Crippen LogP contribution in [0.2, 0.25) is 0 Å². The number of carbonyl (C=O) groups excluding carboxylic acids is 2. The van der Waals surface area contributed by atoms with Gasteiger partial charge in [-0.1, -0.05) is 36.4 Å². The molecule has 2 amide bonds. The molecule has 4 rings (SSSR count). The van der Waals surface area contributed by atoms with Crippen LogP contribution < -0.4 is 10.6 Å². The van der Waals surface area contributed by atoms with Crippen LogP contribution in [0.1, 0.15) is 32.2 Å². The van der Waals surface area contributed by atoms with E-state index in [1.165, 1.54) is 0 Å². The van der Waals surface area contributed by atoms with E-state index in [1.807, 2.05) is 56.3 Å². The zero-order valence-corrected chi connectivity index (χ0v) is 16.1. The van der Waals surface area contributed by atoms with Crippen molar-refractivity contribution in [2.45, 2.75) is 13.8 Å². The minimum absolute atomic E-state index is 0.149. The Labute approximate surface area is 168 Å². The number of aromatic nitrogens is 2. The first kappa shape index (κ1) is 18.4. The van der Waals surface area contributed by atoms with Crippen LogP contribution in [0.15, 0.2) is 72.9 Å². The van der Waals surface area contributed by atoms with Gasteiger partial charge >= 0.3 is 0 Å². The van der Waals surface area contributed by atoms with Gasteiger partial charge in [0, 0.05) is 17.6 Å². The van der Waals surface area contributed by atoms with Crippen LogP contribution >= 0.6 is 0 Å². The zero-order valence-electron chi connectivity index (χ0n) is 16.1. The SMILES string of the molecule is Cc1cccc(NC(=O)c2nc(C(=O)Nc3ccccc3)n3ccccc23)c1C. The lowest BCUT2D eigenvalue weighted by Gasteiger charge is -2.09. The van der Waals surface area contributed by atoms with E-state index in [-0.39, 0.29) is 23.3 Å². The Hall–Kier alpha value is -3.93. The van der Waals surface area contributed by atoms with Gasteiger partial charge in [0.2, 0.25) is 5.82 Å². The molecule has 6 nitrogen and oxygen atoms in total. The molecule has 0 atom stereocenters. The third-order valence-electron chi connectivity index (χ3n) is 4.85. The average molecular weight is 384 g/mol. The molecule has 0 aliphatic heterocycles. The Balaban J connectivity index is 1.69. The second-order valence-electron chi connectivity index (χ2n) is 6.76. The lowest BCUT2D eigenvalue weighted by molar-refractivity contribution is 0.101. The summed E-state index contributed by atoms with van der Waals surface area (Å²) in [5.74, 6) is -0.597. The fourth-order valence-corrected chi connectivity index (χ4v) is 3.14. The maximum absolute atomic E-state index is 13.0. The Morgan fingerprint density at radius 2 is 1.59 bits per heavy atom. The van der Waals surface area contributed by atoms with E-state index in [9.17, 15) is 9.59 Å². The molecule has 4 aromatic rings.